The van der Waals surface area contributed by atoms with E-state index in [0.717, 1.165) is 29.6 Å². The second-order valence-corrected chi connectivity index (χ2v) is 5.59. The van der Waals surface area contributed by atoms with Crippen LogP contribution in [-0.4, -0.2) is 9.78 Å². The molecule has 0 saturated carbocycles. The van der Waals surface area contributed by atoms with Gasteiger partial charge in [-0.15, -0.1) is 11.3 Å². The lowest BCUT2D eigenvalue weighted by molar-refractivity contribution is 0.721. The highest BCUT2D eigenvalue weighted by Gasteiger charge is 2.05. The highest BCUT2D eigenvalue weighted by molar-refractivity contribution is 7.11. The van der Waals surface area contributed by atoms with Gasteiger partial charge in [0.05, 0.1) is 18.3 Å². The number of fused-ring (bicyclic) bond motifs is 1. The standard InChI is InChI=1S/C14H15N3S/c1-2-12-5-6-13(18-12)9-17-14-7-11(15)4-3-10(14)8-16-17/h3-8H,2,9,15H2,1H3. The van der Waals surface area contributed by atoms with Crippen molar-refractivity contribution >= 4 is 27.9 Å². The van der Waals surface area contributed by atoms with Crippen LogP contribution in [0.1, 0.15) is 16.7 Å². The number of benzene rings is 1. The first-order valence-electron chi connectivity index (χ1n) is 6.05. The summed E-state index contributed by atoms with van der Waals surface area (Å²) >= 11 is 1.85. The van der Waals surface area contributed by atoms with Crippen LogP contribution in [0.25, 0.3) is 10.9 Å². The first kappa shape index (κ1) is 11.3. The Kier molecular flexibility index (Phi) is 2.80. The number of rotatable bonds is 3. The molecule has 0 radical (unpaired) electrons. The number of nitrogens with zero attached hydrogens (tertiary/aromatic N) is 2. The molecule has 1 aromatic carbocycles. The number of nitrogens with two attached hydrogens (primary N) is 1. The molecule has 0 saturated heterocycles. The molecule has 0 spiro atoms. The molecule has 2 heterocycles. The van der Waals surface area contributed by atoms with Crippen LogP contribution in [0.3, 0.4) is 0 Å². The first-order valence-corrected chi connectivity index (χ1v) is 6.86. The average molecular weight is 257 g/mol. The van der Waals surface area contributed by atoms with E-state index < -0.39 is 0 Å². The molecule has 3 aromatic rings. The van der Waals surface area contributed by atoms with Gasteiger partial charge in [0.2, 0.25) is 0 Å². The van der Waals surface area contributed by atoms with Crippen LogP contribution in [0, 0.1) is 0 Å². The van der Waals surface area contributed by atoms with Gasteiger partial charge in [0.1, 0.15) is 0 Å². The smallest absolute Gasteiger partial charge is 0.0759 e. The van der Waals surface area contributed by atoms with E-state index in [2.05, 4.69) is 24.2 Å². The zero-order chi connectivity index (χ0) is 12.5. The summed E-state index contributed by atoms with van der Waals surface area (Å²) in [6.45, 7) is 3.00. The number of anilines is 1. The van der Waals surface area contributed by atoms with Gasteiger partial charge in [-0.3, -0.25) is 4.68 Å². The third kappa shape index (κ3) is 1.99. The van der Waals surface area contributed by atoms with Gasteiger partial charge in [0, 0.05) is 20.8 Å². The summed E-state index contributed by atoms with van der Waals surface area (Å²) in [5.41, 5.74) is 7.71. The van der Waals surface area contributed by atoms with Crippen molar-refractivity contribution in [3.05, 3.63) is 46.3 Å². The normalized spacial score (nSPS) is 11.2. The fraction of sp³-hybridized carbons (Fsp3) is 0.214. The van der Waals surface area contributed by atoms with E-state index in [4.69, 9.17) is 5.73 Å². The molecular weight excluding hydrogens is 242 g/mol. The molecule has 0 unspecified atom stereocenters. The number of aryl methyl sites for hydroxylation is 1. The number of nitrogen functional groups attached to an aromatic ring is 1. The summed E-state index contributed by atoms with van der Waals surface area (Å²) < 4.78 is 2.01. The third-order valence-electron chi connectivity index (χ3n) is 3.04. The number of thiophene rings is 1. The Morgan fingerprint density at radius 2 is 2.06 bits per heavy atom. The minimum atomic E-state index is 0.782. The monoisotopic (exact) mass is 257 g/mol. The van der Waals surface area contributed by atoms with E-state index in [1.165, 1.54) is 9.75 Å². The van der Waals surface area contributed by atoms with Gasteiger partial charge in [0.15, 0.2) is 0 Å². The lowest BCUT2D eigenvalue weighted by Crippen LogP contribution is -1.99. The maximum absolute atomic E-state index is 5.83. The van der Waals surface area contributed by atoms with Crippen LogP contribution in [-0.2, 0) is 13.0 Å². The van der Waals surface area contributed by atoms with Crippen LogP contribution in [0.15, 0.2) is 36.5 Å². The molecule has 4 heteroatoms. The van der Waals surface area contributed by atoms with Gasteiger partial charge in [-0.05, 0) is 36.8 Å². The SMILES string of the molecule is CCc1ccc(Cn2ncc3ccc(N)cc32)s1. The Hall–Kier alpha value is -1.81. The lowest BCUT2D eigenvalue weighted by atomic mass is 10.2. The summed E-state index contributed by atoms with van der Waals surface area (Å²) in [7, 11) is 0. The van der Waals surface area contributed by atoms with Gasteiger partial charge >= 0.3 is 0 Å². The van der Waals surface area contributed by atoms with Crippen LogP contribution < -0.4 is 5.73 Å². The Labute approximate surface area is 110 Å². The zero-order valence-corrected chi connectivity index (χ0v) is 11.1. The van der Waals surface area contributed by atoms with Gasteiger partial charge in [-0.1, -0.05) is 6.92 Å². The maximum atomic E-state index is 5.83. The van der Waals surface area contributed by atoms with Crippen molar-refractivity contribution in [2.24, 2.45) is 0 Å². The highest BCUT2D eigenvalue weighted by Crippen LogP contribution is 2.21. The van der Waals surface area contributed by atoms with E-state index in [0.29, 0.717) is 0 Å². The van der Waals surface area contributed by atoms with Gasteiger partial charge in [-0.25, -0.2) is 0 Å². The predicted octanol–water partition coefficient (Wildman–Crippen LogP) is 3.29. The van der Waals surface area contributed by atoms with E-state index >= 15 is 0 Å². The third-order valence-corrected chi connectivity index (χ3v) is 4.25. The molecule has 0 bridgehead atoms. The summed E-state index contributed by atoms with van der Waals surface area (Å²) in [5, 5.41) is 5.57. The largest absolute Gasteiger partial charge is 0.399 e. The van der Waals surface area contributed by atoms with Crippen LogP contribution in [0.5, 0.6) is 0 Å². The Balaban J connectivity index is 1.96. The molecule has 0 aliphatic heterocycles. The summed E-state index contributed by atoms with van der Waals surface area (Å²) in [6.07, 6.45) is 2.99. The molecule has 3 rings (SSSR count). The highest BCUT2D eigenvalue weighted by atomic mass is 32.1. The molecular formula is C14H15N3S. The van der Waals surface area contributed by atoms with Crippen molar-refractivity contribution in [1.29, 1.82) is 0 Å². The Morgan fingerprint density at radius 3 is 2.83 bits per heavy atom. The van der Waals surface area contributed by atoms with Crippen LogP contribution in [0.4, 0.5) is 5.69 Å². The first-order chi connectivity index (χ1) is 8.76. The molecule has 0 aliphatic rings. The van der Waals surface area contributed by atoms with Crippen molar-refractivity contribution in [3.63, 3.8) is 0 Å². The van der Waals surface area contributed by atoms with Crippen molar-refractivity contribution in [2.45, 2.75) is 19.9 Å². The fourth-order valence-electron chi connectivity index (χ4n) is 2.06. The van der Waals surface area contributed by atoms with E-state index in [1.807, 2.05) is 40.4 Å². The lowest BCUT2D eigenvalue weighted by Gasteiger charge is -2.02. The molecule has 92 valence electrons. The predicted molar refractivity (Wildman–Crippen MR) is 76.9 cm³/mol. The number of hydrogen-bond acceptors (Lipinski definition) is 3. The molecule has 2 N–H and O–H groups in total. The Bertz CT molecular complexity index is 681. The average Bonchev–Trinajstić information content (AvgIpc) is 2.97. The quantitative estimate of drug-likeness (QED) is 0.732. The summed E-state index contributed by atoms with van der Waals surface area (Å²) in [4.78, 5) is 2.75. The fourth-order valence-corrected chi connectivity index (χ4v) is 3.00. The van der Waals surface area contributed by atoms with Gasteiger partial charge < -0.3 is 5.73 Å². The van der Waals surface area contributed by atoms with Gasteiger partial charge in [-0.2, -0.15) is 5.10 Å². The molecule has 3 nitrogen and oxygen atoms in total. The molecule has 0 fully saturated rings. The molecule has 2 aromatic heterocycles. The van der Waals surface area contributed by atoms with Crippen LogP contribution >= 0.6 is 11.3 Å². The zero-order valence-electron chi connectivity index (χ0n) is 10.3. The minimum Gasteiger partial charge on any atom is -0.399 e. The van der Waals surface area contributed by atoms with E-state index in [9.17, 15) is 0 Å². The molecule has 18 heavy (non-hydrogen) atoms. The van der Waals surface area contributed by atoms with E-state index in [1.54, 1.807) is 0 Å². The van der Waals surface area contributed by atoms with Crippen molar-refractivity contribution in [2.75, 3.05) is 5.73 Å². The molecule has 0 amide bonds. The second kappa shape index (κ2) is 4.46. The van der Waals surface area contributed by atoms with Crippen LogP contribution in [0.2, 0.25) is 0 Å². The molecule has 0 aliphatic carbocycles. The van der Waals surface area contributed by atoms with Crippen molar-refractivity contribution in [3.8, 4) is 0 Å². The maximum Gasteiger partial charge on any atom is 0.0759 e. The molecule has 0 atom stereocenters. The summed E-state index contributed by atoms with van der Waals surface area (Å²) in [6, 6.07) is 10.3. The number of aromatic nitrogens is 2. The van der Waals surface area contributed by atoms with E-state index in [-0.39, 0.29) is 0 Å². The number of hydrogen-bond donors (Lipinski definition) is 1. The topological polar surface area (TPSA) is 43.8 Å². The van der Waals surface area contributed by atoms with Crippen molar-refractivity contribution in [1.82, 2.24) is 9.78 Å². The van der Waals surface area contributed by atoms with Crippen molar-refractivity contribution < 1.29 is 0 Å². The minimum absolute atomic E-state index is 0.782. The second-order valence-electron chi connectivity index (χ2n) is 4.34. The van der Waals surface area contributed by atoms with Gasteiger partial charge in [0.25, 0.3) is 0 Å². The summed E-state index contributed by atoms with van der Waals surface area (Å²) in [5.74, 6) is 0. The Morgan fingerprint density at radius 1 is 1.22 bits per heavy atom.